The highest BCUT2D eigenvalue weighted by Crippen LogP contribution is 2.32. The van der Waals surface area contributed by atoms with Gasteiger partial charge in [0.25, 0.3) is 10.0 Å². The number of benzene rings is 4. The number of rotatable bonds is 15. The average Bonchev–Trinajstić information content (AvgIpc) is 3.08. The Labute approximate surface area is 269 Å². The van der Waals surface area contributed by atoms with E-state index in [1.54, 1.807) is 30.3 Å². The van der Waals surface area contributed by atoms with Crippen LogP contribution in [0, 0.1) is 5.82 Å². The Balaban J connectivity index is 1.79. The molecule has 0 fully saturated rings. The number of hydrogen-bond acceptors (Lipinski definition) is 6. The van der Waals surface area contributed by atoms with E-state index in [1.807, 2.05) is 37.3 Å². The maximum absolute atomic E-state index is 14.4. The summed E-state index contributed by atoms with van der Waals surface area (Å²) < 4.78 is 53.9. The van der Waals surface area contributed by atoms with Crippen molar-refractivity contribution in [2.45, 2.75) is 37.2 Å². The van der Waals surface area contributed by atoms with Crippen molar-refractivity contribution in [3.05, 3.63) is 120 Å². The largest absolute Gasteiger partial charge is 0.493 e. The lowest BCUT2D eigenvalue weighted by atomic mass is 10.0. The number of methoxy groups -OCH3 is 2. The van der Waals surface area contributed by atoms with Gasteiger partial charge in [-0.15, -0.1) is 0 Å². The molecule has 0 radical (unpaired) electrons. The number of carbonyl (C=O) groups excluding carboxylic acids is 2. The number of sulfonamides is 1. The molecule has 9 nitrogen and oxygen atoms in total. The highest BCUT2D eigenvalue weighted by molar-refractivity contribution is 7.92. The SMILES string of the molecule is CCCNC(=O)C(Cc1ccccc1)N(Cc1ccc(F)cc1)C(=O)CN(c1ccccc1)S(=O)(=O)c1ccc(OC)c(OC)c1. The first kappa shape index (κ1) is 34.0. The minimum Gasteiger partial charge on any atom is -0.493 e. The molecule has 0 aliphatic carbocycles. The lowest BCUT2D eigenvalue weighted by Gasteiger charge is -2.34. The standard InChI is InChI=1S/C35H38FN3O6S/c1-4-21-37-35(41)31(22-26-11-7-5-8-12-26)38(24-27-15-17-28(36)18-16-27)34(40)25-39(29-13-9-6-10-14-29)46(42,43)30-19-20-32(44-2)33(23-30)45-3/h5-20,23,31H,4,21-22,24-25H2,1-3H3,(H,37,41). The van der Waals surface area contributed by atoms with Crippen LogP contribution in [0.4, 0.5) is 10.1 Å². The lowest BCUT2D eigenvalue weighted by molar-refractivity contribution is -0.140. The van der Waals surface area contributed by atoms with Crippen LogP contribution >= 0.6 is 0 Å². The minimum absolute atomic E-state index is 0.0603. The van der Waals surface area contributed by atoms with Gasteiger partial charge in [-0.3, -0.25) is 13.9 Å². The van der Waals surface area contributed by atoms with Crippen molar-refractivity contribution in [1.82, 2.24) is 10.2 Å². The Kier molecular flexibility index (Phi) is 11.7. The predicted octanol–water partition coefficient (Wildman–Crippen LogP) is 5.20. The molecule has 0 saturated heterocycles. The molecule has 11 heteroatoms. The van der Waals surface area contributed by atoms with Crippen LogP contribution in [0.25, 0.3) is 0 Å². The van der Waals surface area contributed by atoms with E-state index in [4.69, 9.17) is 9.47 Å². The molecule has 1 atom stereocenters. The Morgan fingerprint density at radius 2 is 1.46 bits per heavy atom. The Hall–Kier alpha value is -4.90. The molecule has 0 aliphatic heterocycles. The van der Waals surface area contributed by atoms with Crippen molar-refractivity contribution in [2.75, 3.05) is 31.6 Å². The van der Waals surface area contributed by atoms with Gasteiger partial charge in [0.1, 0.15) is 18.4 Å². The maximum Gasteiger partial charge on any atom is 0.264 e. The quantitative estimate of drug-likeness (QED) is 0.190. The third kappa shape index (κ3) is 8.42. The van der Waals surface area contributed by atoms with E-state index in [1.165, 1.54) is 61.6 Å². The fourth-order valence-corrected chi connectivity index (χ4v) is 6.36. The molecule has 0 saturated carbocycles. The summed E-state index contributed by atoms with van der Waals surface area (Å²) >= 11 is 0. The zero-order valence-corrected chi connectivity index (χ0v) is 26.9. The first-order chi connectivity index (χ1) is 22.2. The zero-order chi connectivity index (χ0) is 33.1. The highest BCUT2D eigenvalue weighted by atomic mass is 32.2. The normalized spacial score (nSPS) is 11.7. The van der Waals surface area contributed by atoms with Crippen LogP contribution in [0.1, 0.15) is 24.5 Å². The van der Waals surface area contributed by atoms with Crippen molar-refractivity contribution in [2.24, 2.45) is 0 Å². The number of hydrogen-bond donors (Lipinski definition) is 1. The van der Waals surface area contributed by atoms with Crippen LogP contribution in [0.15, 0.2) is 108 Å². The van der Waals surface area contributed by atoms with E-state index >= 15 is 0 Å². The zero-order valence-electron chi connectivity index (χ0n) is 26.1. The number of halogens is 1. The summed E-state index contributed by atoms with van der Waals surface area (Å²) in [4.78, 5) is 29.4. The lowest BCUT2D eigenvalue weighted by Crippen LogP contribution is -2.53. The summed E-state index contributed by atoms with van der Waals surface area (Å²) in [5.74, 6) is -0.896. The molecule has 0 bridgehead atoms. The van der Waals surface area contributed by atoms with Crippen molar-refractivity contribution < 1.29 is 31.9 Å². The second-order valence-electron chi connectivity index (χ2n) is 10.5. The van der Waals surface area contributed by atoms with Crippen molar-refractivity contribution in [3.8, 4) is 11.5 Å². The summed E-state index contributed by atoms with van der Waals surface area (Å²) in [6.07, 6.45) is 0.859. The minimum atomic E-state index is -4.34. The van der Waals surface area contributed by atoms with Crippen LogP contribution in [-0.4, -0.2) is 58.5 Å². The molecule has 0 spiro atoms. The molecule has 4 rings (SSSR count). The molecular formula is C35H38FN3O6S. The number of nitrogens with zero attached hydrogens (tertiary/aromatic N) is 2. The van der Waals surface area contributed by atoms with Gasteiger partial charge >= 0.3 is 0 Å². The van der Waals surface area contributed by atoms with Gasteiger partial charge in [-0.25, -0.2) is 12.8 Å². The molecule has 1 unspecified atom stereocenters. The molecule has 4 aromatic carbocycles. The molecule has 242 valence electrons. The molecule has 0 heterocycles. The van der Waals surface area contributed by atoms with E-state index in [-0.39, 0.29) is 35.2 Å². The summed E-state index contributed by atoms with van der Waals surface area (Å²) in [6, 6.07) is 26.3. The third-order valence-electron chi connectivity index (χ3n) is 7.35. The number of ether oxygens (including phenoxy) is 2. The second-order valence-corrected chi connectivity index (χ2v) is 12.4. The van der Waals surface area contributed by atoms with Crippen molar-refractivity contribution in [3.63, 3.8) is 0 Å². The van der Waals surface area contributed by atoms with E-state index in [9.17, 15) is 22.4 Å². The van der Waals surface area contributed by atoms with Gasteiger partial charge in [0.05, 0.1) is 24.8 Å². The molecule has 4 aromatic rings. The maximum atomic E-state index is 14.4. The van der Waals surface area contributed by atoms with E-state index in [2.05, 4.69) is 5.32 Å². The summed E-state index contributed by atoms with van der Waals surface area (Å²) in [6.45, 7) is 1.64. The van der Waals surface area contributed by atoms with E-state index in [0.717, 1.165) is 9.87 Å². The molecule has 0 aliphatic rings. The topological polar surface area (TPSA) is 105 Å². The van der Waals surface area contributed by atoms with Gasteiger partial charge in [0.2, 0.25) is 11.8 Å². The average molecular weight is 648 g/mol. The van der Waals surface area contributed by atoms with Crippen LogP contribution in [0.5, 0.6) is 11.5 Å². The Bertz CT molecular complexity index is 1700. The van der Waals surface area contributed by atoms with Crippen LogP contribution in [0.2, 0.25) is 0 Å². The van der Waals surface area contributed by atoms with Crippen LogP contribution < -0.4 is 19.1 Å². The predicted molar refractivity (Wildman–Crippen MR) is 175 cm³/mol. The van der Waals surface area contributed by atoms with Gasteiger partial charge in [-0.2, -0.15) is 0 Å². The Morgan fingerprint density at radius 1 is 0.826 bits per heavy atom. The van der Waals surface area contributed by atoms with Crippen LogP contribution in [-0.2, 0) is 32.6 Å². The fraction of sp³-hybridized carbons (Fsp3) is 0.257. The third-order valence-corrected chi connectivity index (χ3v) is 9.12. The number of amides is 2. The molecule has 1 N–H and O–H groups in total. The first-order valence-electron chi connectivity index (χ1n) is 14.8. The highest BCUT2D eigenvalue weighted by Gasteiger charge is 2.35. The monoisotopic (exact) mass is 647 g/mol. The van der Waals surface area contributed by atoms with Crippen molar-refractivity contribution in [1.29, 1.82) is 0 Å². The summed E-state index contributed by atoms with van der Waals surface area (Å²) in [5, 5.41) is 2.90. The van der Waals surface area contributed by atoms with Crippen molar-refractivity contribution >= 4 is 27.5 Å². The van der Waals surface area contributed by atoms with E-state index in [0.29, 0.717) is 24.3 Å². The smallest absolute Gasteiger partial charge is 0.264 e. The number of para-hydroxylation sites is 1. The molecular weight excluding hydrogens is 609 g/mol. The number of carbonyl (C=O) groups is 2. The fourth-order valence-electron chi connectivity index (χ4n) is 4.93. The van der Waals surface area contributed by atoms with Gasteiger partial charge in [0, 0.05) is 25.6 Å². The summed E-state index contributed by atoms with van der Waals surface area (Å²) in [5.41, 5.74) is 1.64. The van der Waals surface area contributed by atoms with Gasteiger partial charge in [-0.05, 0) is 53.9 Å². The van der Waals surface area contributed by atoms with Gasteiger partial charge in [-0.1, -0.05) is 67.6 Å². The first-order valence-corrected chi connectivity index (χ1v) is 16.3. The summed E-state index contributed by atoms with van der Waals surface area (Å²) in [7, 11) is -1.49. The molecule has 46 heavy (non-hydrogen) atoms. The number of nitrogens with one attached hydrogen (secondary N) is 1. The Morgan fingerprint density at radius 3 is 2.07 bits per heavy atom. The molecule has 0 aromatic heterocycles. The van der Waals surface area contributed by atoms with Gasteiger partial charge < -0.3 is 19.7 Å². The number of anilines is 1. The van der Waals surface area contributed by atoms with Crippen LogP contribution in [0.3, 0.4) is 0 Å². The van der Waals surface area contributed by atoms with Gasteiger partial charge in [0.15, 0.2) is 11.5 Å². The van der Waals surface area contributed by atoms with E-state index < -0.39 is 34.3 Å². The molecule has 2 amide bonds. The second kappa shape index (κ2) is 15.9.